The molecule has 1 atom stereocenters. The zero-order chi connectivity index (χ0) is 15.7. The third-order valence-corrected chi connectivity index (χ3v) is 4.95. The van der Waals surface area contributed by atoms with E-state index in [4.69, 9.17) is 5.14 Å². The first kappa shape index (κ1) is 17.1. The van der Waals surface area contributed by atoms with E-state index < -0.39 is 10.0 Å². The summed E-state index contributed by atoms with van der Waals surface area (Å²) in [4.78, 5) is 12.1. The molecule has 0 saturated carbocycles. The van der Waals surface area contributed by atoms with Gasteiger partial charge in [0, 0.05) is 10.4 Å². The number of rotatable bonds is 4. The first-order valence-corrected chi connectivity index (χ1v) is 8.51. The van der Waals surface area contributed by atoms with Gasteiger partial charge in [-0.2, -0.15) is 0 Å². The number of nitrogens with one attached hydrogen (secondary N) is 1. The standard InChI is InChI=1S/C13H19BrN2O3S/c1-7(2)9(4)13(17)16-11-5-8(3)12(6-10(11)14)20(15,18)19/h5-7,9H,1-4H3,(H,16,17)(H2,15,18,19). The molecule has 3 N–H and O–H groups in total. The number of aryl methyl sites for hydroxylation is 1. The Labute approximate surface area is 128 Å². The molecule has 0 bridgehead atoms. The minimum absolute atomic E-state index is 0.0410. The van der Waals surface area contributed by atoms with Crippen molar-refractivity contribution in [2.45, 2.75) is 32.6 Å². The molecule has 1 unspecified atom stereocenters. The maximum Gasteiger partial charge on any atom is 0.238 e. The van der Waals surface area contributed by atoms with Gasteiger partial charge in [0.2, 0.25) is 15.9 Å². The highest BCUT2D eigenvalue weighted by Crippen LogP contribution is 2.29. The lowest BCUT2D eigenvalue weighted by atomic mass is 9.97. The summed E-state index contributed by atoms with van der Waals surface area (Å²) in [5.41, 5.74) is 1.02. The number of hydrogen-bond donors (Lipinski definition) is 2. The highest BCUT2D eigenvalue weighted by Gasteiger charge is 2.19. The highest BCUT2D eigenvalue weighted by molar-refractivity contribution is 9.10. The van der Waals surface area contributed by atoms with Gasteiger partial charge in [-0.1, -0.05) is 20.8 Å². The van der Waals surface area contributed by atoms with Crippen molar-refractivity contribution < 1.29 is 13.2 Å². The van der Waals surface area contributed by atoms with Crippen LogP contribution in [-0.4, -0.2) is 14.3 Å². The van der Waals surface area contributed by atoms with Crippen LogP contribution in [0.25, 0.3) is 0 Å². The van der Waals surface area contributed by atoms with E-state index in [1.54, 1.807) is 13.0 Å². The normalized spacial score (nSPS) is 13.3. The summed E-state index contributed by atoms with van der Waals surface area (Å²) in [5.74, 6) is -0.0258. The van der Waals surface area contributed by atoms with Crippen LogP contribution in [0.5, 0.6) is 0 Å². The van der Waals surface area contributed by atoms with Crippen LogP contribution >= 0.6 is 15.9 Å². The maximum atomic E-state index is 12.0. The fourth-order valence-electron chi connectivity index (χ4n) is 1.61. The third-order valence-electron chi connectivity index (χ3n) is 3.24. The molecule has 0 fully saturated rings. The summed E-state index contributed by atoms with van der Waals surface area (Å²) in [6, 6.07) is 3.00. The van der Waals surface area contributed by atoms with Crippen LogP contribution < -0.4 is 10.5 Å². The summed E-state index contributed by atoms with van der Waals surface area (Å²) < 4.78 is 23.3. The molecule has 1 aromatic carbocycles. The number of halogens is 1. The average molecular weight is 363 g/mol. The van der Waals surface area contributed by atoms with E-state index in [0.29, 0.717) is 15.7 Å². The van der Waals surface area contributed by atoms with E-state index >= 15 is 0 Å². The molecule has 112 valence electrons. The van der Waals surface area contributed by atoms with E-state index in [1.165, 1.54) is 6.07 Å². The van der Waals surface area contributed by atoms with Gasteiger partial charge in [-0.25, -0.2) is 13.6 Å². The van der Waals surface area contributed by atoms with Gasteiger partial charge in [0.15, 0.2) is 0 Å². The predicted octanol–water partition coefficient (Wildman–Crippen LogP) is 2.64. The Hall–Kier alpha value is -0.920. The van der Waals surface area contributed by atoms with Crippen molar-refractivity contribution in [1.29, 1.82) is 0 Å². The van der Waals surface area contributed by atoms with Gasteiger partial charge in [-0.05, 0) is 46.5 Å². The molecule has 7 heteroatoms. The predicted molar refractivity (Wildman–Crippen MR) is 82.9 cm³/mol. The van der Waals surface area contributed by atoms with Crippen LogP contribution in [-0.2, 0) is 14.8 Å². The molecule has 0 aromatic heterocycles. The number of amides is 1. The van der Waals surface area contributed by atoms with Crippen LogP contribution in [0, 0.1) is 18.8 Å². The number of primary sulfonamides is 1. The van der Waals surface area contributed by atoms with Gasteiger partial charge in [-0.15, -0.1) is 0 Å². The molecule has 0 aliphatic rings. The third kappa shape index (κ3) is 4.04. The molecular weight excluding hydrogens is 344 g/mol. The van der Waals surface area contributed by atoms with Crippen LogP contribution in [0.1, 0.15) is 26.3 Å². The first-order valence-electron chi connectivity index (χ1n) is 6.18. The molecule has 1 rings (SSSR count). The zero-order valence-corrected chi connectivity index (χ0v) is 14.3. The Balaban J connectivity index is 3.11. The molecule has 0 aliphatic heterocycles. The lowest BCUT2D eigenvalue weighted by Gasteiger charge is -2.17. The van der Waals surface area contributed by atoms with Crippen LogP contribution in [0.2, 0.25) is 0 Å². The van der Waals surface area contributed by atoms with Crippen molar-refractivity contribution in [2.75, 3.05) is 5.32 Å². The van der Waals surface area contributed by atoms with Crippen LogP contribution in [0.3, 0.4) is 0 Å². The van der Waals surface area contributed by atoms with Crippen LogP contribution in [0.4, 0.5) is 5.69 Å². The Morgan fingerprint density at radius 3 is 2.30 bits per heavy atom. The smallest absolute Gasteiger partial charge is 0.238 e. The fourth-order valence-corrected chi connectivity index (χ4v) is 3.00. The van der Waals surface area contributed by atoms with E-state index in [2.05, 4.69) is 21.2 Å². The largest absolute Gasteiger partial charge is 0.325 e. The second-order valence-electron chi connectivity index (χ2n) is 5.16. The summed E-state index contributed by atoms with van der Waals surface area (Å²) in [6.45, 7) is 7.41. The van der Waals surface area contributed by atoms with E-state index in [1.807, 2.05) is 20.8 Å². The monoisotopic (exact) mass is 362 g/mol. The SMILES string of the molecule is Cc1cc(NC(=O)C(C)C(C)C)c(Br)cc1S(N)(=O)=O. The topological polar surface area (TPSA) is 89.3 Å². The first-order chi connectivity index (χ1) is 9.04. The second-order valence-corrected chi connectivity index (χ2v) is 7.55. The number of nitrogens with two attached hydrogens (primary N) is 1. The average Bonchev–Trinajstić information content (AvgIpc) is 2.30. The van der Waals surface area contributed by atoms with Crippen LogP contribution in [0.15, 0.2) is 21.5 Å². The molecule has 5 nitrogen and oxygen atoms in total. The summed E-state index contributed by atoms with van der Waals surface area (Å²) >= 11 is 3.25. The molecule has 0 aliphatic carbocycles. The van der Waals surface area contributed by atoms with Gasteiger partial charge < -0.3 is 5.32 Å². The maximum absolute atomic E-state index is 12.0. The van der Waals surface area contributed by atoms with Crippen molar-refractivity contribution in [1.82, 2.24) is 0 Å². The van der Waals surface area contributed by atoms with Gasteiger partial charge in [0.05, 0.1) is 10.6 Å². The van der Waals surface area contributed by atoms with Gasteiger partial charge in [0.25, 0.3) is 0 Å². The second kappa shape index (κ2) is 6.24. The molecular formula is C13H19BrN2O3S. The zero-order valence-electron chi connectivity index (χ0n) is 11.9. The summed E-state index contributed by atoms with van der Waals surface area (Å²) in [5, 5.41) is 7.92. The lowest BCUT2D eigenvalue weighted by molar-refractivity contribution is -0.120. The fraction of sp³-hybridized carbons (Fsp3) is 0.462. The van der Waals surface area contributed by atoms with Crippen molar-refractivity contribution in [3.8, 4) is 0 Å². The Morgan fingerprint density at radius 2 is 1.85 bits per heavy atom. The summed E-state index contributed by atoms with van der Waals surface area (Å²) in [7, 11) is -3.77. The van der Waals surface area contributed by atoms with E-state index in [0.717, 1.165) is 0 Å². The van der Waals surface area contributed by atoms with E-state index in [9.17, 15) is 13.2 Å². The van der Waals surface area contributed by atoms with Crippen molar-refractivity contribution in [2.24, 2.45) is 17.0 Å². The minimum atomic E-state index is -3.77. The van der Waals surface area contributed by atoms with Crippen molar-refractivity contribution >= 4 is 37.5 Å². The molecule has 1 aromatic rings. The lowest BCUT2D eigenvalue weighted by Crippen LogP contribution is -2.24. The number of hydrogen-bond acceptors (Lipinski definition) is 3. The molecule has 1 amide bonds. The summed E-state index contributed by atoms with van der Waals surface area (Å²) in [6.07, 6.45) is 0. The Kier molecular flexibility index (Phi) is 5.34. The van der Waals surface area contributed by atoms with Gasteiger partial charge in [-0.3, -0.25) is 4.79 Å². The highest BCUT2D eigenvalue weighted by atomic mass is 79.9. The molecule has 0 spiro atoms. The Morgan fingerprint density at radius 1 is 1.30 bits per heavy atom. The number of anilines is 1. The molecule has 0 saturated heterocycles. The Bertz CT molecular complexity index is 627. The molecule has 0 radical (unpaired) electrons. The van der Waals surface area contributed by atoms with E-state index in [-0.39, 0.29) is 22.6 Å². The molecule has 20 heavy (non-hydrogen) atoms. The minimum Gasteiger partial charge on any atom is -0.325 e. The van der Waals surface area contributed by atoms with Crippen molar-refractivity contribution in [3.05, 3.63) is 22.2 Å². The number of benzene rings is 1. The molecule has 0 heterocycles. The van der Waals surface area contributed by atoms with Crippen molar-refractivity contribution in [3.63, 3.8) is 0 Å². The van der Waals surface area contributed by atoms with Gasteiger partial charge in [0.1, 0.15) is 0 Å². The number of carbonyl (C=O) groups is 1. The van der Waals surface area contributed by atoms with Gasteiger partial charge >= 0.3 is 0 Å². The quantitative estimate of drug-likeness (QED) is 0.862. The number of sulfonamides is 1. The number of carbonyl (C=O) groups excluding carboxylic acids is 1.